The quantitative estimate of drug-likeness (QED) is 0.931. The summed E-state index contributed by atoms with van der Waals surface area (Å²) in [7, 11) is 0. The van der Waals surface area contributed by atoms with Crippen LogP contribution < -0.4 is 5.32 Å². The van der Waals surface area contributed by atoms with Crippen molar-refractivity contribution in [2.45, 2.75) is 32.2 Å². The van der Waals surface area contributed by atoms with Gasteiger partial charge in [0.2, 0.25) is 5.91 Å². The molecule has 1 N–H and O–H groups in total. The molecule has 1 aliphatic rings. The normalized spacial score (nSPS) is 17.2. The van der Waals surface area contributed by atoms with Crippen molar-refractivity contribution >= 4 is 23.2 Å². The molecule has 4 nitrogen and oxygen atoms in total. The average Bonchev–Trinajstić information content (AvgIpc) is 2.47. The Morgan fingerprint density at radius 1 is 1.40 bits per heavy atom. The van der Waals surface area contributed by atoms with Gasteiger partial charge in [-0.2, -0.15) is 5.26 Å². The Bertz CT molecular complexity index is 532. The van der Waals surface area contributed by atoms with Crippen LogP contribution in [0.1, 0.15) is 31.7 Å². The average molecular weight is 292 g/mol. The summed E-state index contributed by atoms with van der Waals surface area (Å²) in [4.78, 5) is 14.4. The molecule has 0 saturated carbocycles. The van der Waals surface area contributed by atoms with Gasteiger partial charge in [0.05, 0.1) is 16.6 Å². The molecule has 1 aromatic carbocycles. The summed E-state index contributed by atoms with van der Waals surface area (Å²) in [5.41, 5.74) is 1.04. The Kier molecular flexibility index (Phi) is 4.99. The summed E-state index contributed by atoms with van der Waals surface area (Å²) in [6.07, 6.45) is 3.55. The first-order valence-electron chi connectivity index (χ1n) is 6.86. The number of rotatable bonds is 3. The van der Waals surface area contributed by atoms with Crippen LogP contribution in [0.4, 0.5) is 5.69 Å². The highest BCUT2D eigenvalue weighted by molar-refractivity contribution is 6.32. The second-order valence-corrected chi connectivity index (χ2v) is 5.48. The third-order valence-corrected chi connectivity index (χ3v) is 3.99. The van der Waals surface area contributed by atoms with E-state index in [9.17, 15) is 4.79 Å². The molecule has 2 rings (SSSR count). The van der Waals surface area contributed by atoms with Crippen LogP contribution in [0.5, 0.6) is 0 Å². The first-order chi connectivity index (χ1) is 9.61. The molecule has 0 radical (unpaired) electrons. The Morgan fingerprint density at radius 2 is 2.10 bits per heavy atom. The van der Waals surface area contributed by atoms with Gasteiger partial charge in [-0.25, -0.2) is 0 Å². The summed E-state index contributed by atoms with van der Waals surface area (Å²) in [5, 5.41) is 12.0. The summed E-state index contributed by atoms with van der Waals surface area (Å²) >= 11 is 5.96. The van der Waals surface area contributed by atoms with Gasteiger partial charge in [0.1, 0.15) is 6.07 Å². The fraction of sp³-hybridized carbons (Fsp3) is 0.467. The van der Waals surface area contributed by atoms with Gasteiger partial charge in [-0.3, -0.25) is 9.69 Å². The second-order valence-electron chi connectivity index (χ2n) is 5.07. The van der Waals surface area contributed by atoms with Crippen LogP contribution in [-0.2, 0) is 4.79 Å². The largest absolute Gasteiger partial charge is 0.325 e. The van der Waals surface area contributed by atoms with Crippen molar-refractivity contribution in [2.24, 2.45) is 0 Å². The lowest BCUT2D eigenvalue weighted by Gasteiger charge is -2.31. The van der Waals surface area contributed by atoms with Gasteiger partial charge in [0, 0.05) is 5.69 Å². The number of nitrogens with one attached hydrogen (secondary N) is 1. The number of likely N-dealkylation sites (tertiary alicyclic amines) is 1. The highest BCUT2D eigenvalue weighted by Crippen LogP contribution is 2.21. The van der Waals surface area contributed by atoms with Crippen LogP contribution in [0.3, 0.4) is 0 Å². The summed E-state index contributed by atoms with van der Waals surface area (Å²) in [6, 6.07) is 6.78. The number of benzene rings is 1. The topological polar surface area (TPSA) is 56.1 Å². The molecule has 1 fully saturated rings. The third kappa shape index (κ3) is 3.50. The number of hydrogen-bond donors (Lipinski definition) is 1. The molecule has 1 atom stereocenters. The molecule has 0 aromatic heterocycles. The molecule has 0 bridgehead atoms. The van der Waals surface area contributed by atoms with E-state index in [1.54, 1.807) is 18.2 Å². The first kappa shape index (κ1) is 14.8. The zero-order valence-corrected chi connectivity index (χ0v) is 12.3. The minimum absolute atomic E-state index is 0.0346. The van der Waals surface area contributed by atoms with E-state index in [4.69, 9.17) is 16.9 Å². The molecule has 0 aliphatic carbocycles. The van der Waals surface area contributed by atoms with E-state index >= 15 is 0 Å². The van der Waals surface area contributed by atoms with Gasteiger partial charge in [-0.05, 0) is 51.1 Å². The Labute approximate surface area is 124 Å². The molecule has 1 unspecified atom stereocenters. The highest BCUT2D eigenvalue weighted by atomic mass is 35.5. The van der Waals surface area contributed by atoms with Crippen molar-refractivity contribution in [1.29, 1.82) is 5.26 Å². The molecule has 1 amide bonds. The maximum absolute atomic E-state index is 12.2. The lowest BCUT2D eigenvalue weighted by atomic mass is 10.1. The minimum atomic E-state index is -0.148. The zero-order valence-electron chi connectivity index (χ0n) is 11.5. The lowest BCUT2D eigenvalue weighted by Crippen LogP contribution is -2.44. The van der Waals surface area contributed by atoms with Gasteiger partial charge in [0.15, 0.2) is 0 Å². The minimum Gasteiger partial charge on any atom is -0.325 e. The second kappa shape index (κ2) is 6.74. The maximum atomic E-state index is 12.2. The van der Waals surface area contributed by atoms with Crippen LogP contribution in [0.25, 0.3) is 0 Å². The van der Waals surface area contributed by atoms with Crippen molar-refractivity contribution in [1.82, 2.24) is 4.90 Å². The molecular weight excluding hydrogens is 274 g/mol. The standard InChI is InChI=1S/C15H18ClN3O/c1-11(19-7-3-2-4-8-19)15(20)18-13-6-5-12(10-17)14(16)9-13/h5-6,9,11H,2-4,7-8H2,1H3,(H,18,20). The van der Waals surface area contributed by atoms with Gasteiger partial charge >= 0.3 is 0 Å². The highest BCUT2D eigenvalue weighted by Gasteiger charge is 2.22. The predicted molar refractivity (Wildman–Crippen MR) is 79.7 cm³/mol. The van der Waals surface area contributed by atoms with E-state index in [2.05, 4.69) is 10.2 Å². The number of carbonyl (C=O) groups is 1. The summed E-state index contributed by atoms with van der Waals surface area (Å²) in [5.74, 6) is -0.0346. The number of anilines is 1. The van der Waals surface area contributed by atoms with E-state index in [0.29, 0.717) is 16.3 Å². The molecule has 5 heteroatoms. The molecular formula is C15H18ClN3O. The fourth-order valence-corrected chi connectivity index (χ4v) is 2.62. The molecule has 1 heterocycles. The van der Waals surface area contributed by atoms with Crippen molar-refractivity contribution < 1.29 is 4.79 Å². The van der Waals surface area contributed by atoms with E-state index < -0.39 is 0 Å². The Morgan fingerprint density at radius 3 is 2.70 bits per heavy atom. The van der Waals surface area contributed by atoms with Crippen LogP contribution in [0.2, 0.25) is 5.02 Å². The summed E-state index contributed by atoms with van der Waals surface area (Å²) < 4.78 is 0. The Hall–Kier alpha value is -1.57. The molecule has 1 saturated heterocycles. The van der Waals surface area contributed by atoms with Crippen LogP contribution in [0, 0.1) is 11.3 Å². The number of carbonyl (C=O) groups excluding carboxylic acids is 1. The van der Waals surface area contributed by atoms with Crippen LogP contribution in [-0.4, -0.2) is 29.9 Å². The summed E-state index contributed by atoms with van der Waals surface area (Å²) in [6.45, 7) is 3.87. The zero-order chi connectivity index (χ0) is 14.5. The molecule has 106 valence electrons. The van der Waals surface area contributed by atoms with Crippen molar-refractivity contribution in [3.8, 4) is 6.07 Å². The monoisotopic (exact) mass is 291 g/mol. The SMILES string of the molecule is CC(C(=O)Nc1ccc(C#N)c(Cl)c1)N1CCCCC1. The predicted octanol–water partition coefficient (Wildman–Crippen LogP) is 3.02. The molecule has 0 spiro atoms. The van der Waals surface area contributed by atoms with Gasteiger partial charge < -0.3 is 5.32 Å². The van der Waals surface area contributed by atoms with E-state index in [-0.39, 0.29) is 11.9 Å². The lowest BCUT2D eigenvalue weighted by molar-refractivity contribution is -0.121. The molecule has 1 aliphatic heterocycles. The number of hydrogen-bond acceptors (Lipinski definition) is 3. The van der Waals surface area contributed by atoms with Gasteiger partial charge in [-0.15, -0.1) is 0 Å². The van der Waals surface area contributed by atoms with Crippen molar-refractivity contribution in [2.75, 3.05) is 18.4 Å². The smallest absolute Gasteiger partial charge is 0.241 e. The Balaban J connectivity index is 2.00. The molecule has 20 heavy (non-hydrogen) atoms. The van der Waals surface area contributed by atoms with Crippen LogP contribution >= 0.6 is 11.6 Å². The number of nitrogens with zero attached hydrogens (tertiary/aromatic N) is 2. The number of amides is 1. The third-order valence-electron chi connectivity index (χ3n) is 3.67. The van der Waals surface area contributed by atoms with E-state index in [1.807, 2.05) is 13.0 Å². The van der Waals surface area contributed by atoms with E-state index in [0.717, 1.165) is 25.9 Å². The van der Waals surface area contributed by atoms with Crippen LogP contribution in [0.15, 0.2) is 18.2 Å². The number of halogens is 1. The number of piperidine rings is 1. The fourth-order valence-electron chi connectivity index (χ4n) is 2.40. The first-order valence-corrected chi connectivity index (χ1v) is 7.24. The van der Waals surface area contributed by atoms with Crippen molar-refractivity contribution in [3.05, 3.63) is 28.8 Å². The van der Waals surface area contributed by atoms with Gasteiger partial charge in [-0.1, -0.05) is 18.0 Å². The van der Waals surface area contributed by atoms with Crippen molar-refractivity contribution in [3.63, 3.8) is 0 Å². The molecule has 1 aromatic rings. The number of nitriles is 1. The van der Waals surface area contributed by atoms with Gasteiger partial charge in [0.25, 0.3) is 0 Å². The maximum Gasteiger partial charge on any atom is 0.241 e. The van der Waals surface area contributed by atoms with E-state index in [1.165, 1.54) is 6.42 Å².